The molecule has 1 atom stereocenters. The van der Waals surface area contributed by atoms with Crippen LogP contribution in [-0.2, 0) is 10.9 Å². The first-order valence-electron chi connectivity index (χ1n) is 7.78. The van der Waals surface area contributed by atoms with Crippen molar-refractivity contribution in [1.82, 2.24) is 25.2 Å². The number of alkyl halides is 3. The molecular formula is C15H13F3N6O2. The first-order chi connectivity index (χ1) is 12.4. The number of ether oxygens (including phenoxy) is 1. The maximum absolute atomic E-state index is 12.9. The molecule has 1 fully saturated rings. The Morgan fingerprint density at radius 1 is 1.38 bits per heavy atom. The lowest BCUT2D eigenvalue weighted by Gasteiger charge is -2.06. The molecule has 1 aromatic carbocycles. The van der Waals surface area contributed by atoms with Crippen LogP contribution in [0.5, 0.6) is 0 Å². The number of carbonyl (C=O) groups is 1. The van der Waals surface area contributed by atoms with Crippen LogP contribution in [-0.4, -0.2) is 44.3 Å². The number of halogens is 3. The van der Waals surface area contributed by atoms with Gasteiger partial charge in [-0.05, 0) is 24.6 Å². The molecule has 3 heterocycles. The van der Waals surface area contributed by atoms with Crippen molar-refractivity contribution in [3.8, 4) is 0 Å². The number of amides is 1. The minimum Gasteiger partial charge on any atom is -0.379 e. The zero-order chi connectivity index (χ0) is 18.3. The molecule has 0 unspecified atom stereocenters. The van der Waals surface area contributed by atoms with Gasteiger partial charge in [-0.25, -0.2) is 4.68 Å². The normalized spacial score (nSPS) is 17.7. The topological polar surface area (TPSA) is 97.7 Å². The van der Waals surface area contributed by atoms with Gasteiger partial charge in [0.15, 0.2) is 11.5 Å². The van der Waals surface area contributed by atoms with E-state index in [1.165, 1.54) is 12.3 Å². The largest absolute Gasteiger partial charge is 0.416 e. The number of fused-ring (bicyclic) bond motifs is 1. The summed E-state index contributed by atoms with van der Waals surface area (Å²) in [6, 6.07) is 3.16. The van der Waals surface area contributed by atoms with Crippen molar-refractivity contribution in [2.75, 3.05) is 18.5 Å². The fourth-order valence-corrected chi connectivity index (χ4v) is 2.75. The number of aromatic amines is 1. The van der Waals surface area contributed by atoms with E-state index in [0.29, 0.717) is 18.7 Å². The van der Waals surface area contributed by atoms with Crippen molar-refractivity contribution in [1.29, 1.82) is 0 Å². The molecule has 3 aromatic rings. The summed E-state index contributed by atoms with van der Waals surface area (Å²) in [5.74, 6) is -0.615. The molecule has 0 bridgehead atoms. The molecule has 1 aliphatic rings. The van der Waals surface area contributed by atoms with Crippen molar-refractivity contribution < 1.29 is 22.7 Å². The van der Waals surface area contributed by atoms with Crippen molar-refractivity contribution in [3.05, 3.63) is 35.7 Å². The maximum atomic E-state index is 12.9. The summed E-state index contributed by atoms with van der Waals surface area (Å²) in [6.45, 7) is 1.11. The summed E-state index contributed by atoms with van der Waals surface area (Å²) in [7, 11) is 0. The van der Waals surface area contributed by atoms with E-state index in [2.05, 4.69) is 25.8 Å². The molecule has 2 aromatic heterocycles. The second kappa shape index (κ2) is 6.09. The first-order valence-corrected chi connectivity index (χ1v) is 7.78. The molecule has 0 saturated carbocycles. The van der Waals surface area contributed by atoms with Crippen LogP contribution in [0, 0.1) is 0 Å². The predicted octanol–water partition coefficient (Wildman–Crippen LogP) is 2.39. The second-order valence-electron chi connectivity index (χ2n) is 5.89. The number of aromatic nitrogens is 5. The standard InChI is InChI=1S/C15H13F3N6O2/c16-15(17,18)8-1-2-11-10(5-8)13(22-20-11)19-14(25)12-6-24(23-21-12)9-3-4-26-7-9/h1-2,5-6,9H,3-4,7H2,(H2,19,20,22,25)/t9-/m1/s1. The number of H-pyrrole nitrogens is 1. The van der Waals surface area contributed by atoms with Crippen LogP contribution in [0.15, 0.2) is 24.4 Å². The first kappa shape index (κ1) is 16.5. The van der Waals surface area contributed by atoms with E-state index in [4.69, 9.17) is 4.74 Å². The van der Waals surface area contributed by atoms with Crippen LogP contribution >= 0.6 is 0 Å². The molecular weight excluding hydrogens is 353 g/mol. The van der Waals surface area contributed by atoms with Crippen LogP contribution in [0.25, 0.3) is 10.9 Å². The van der Waals surface area contributed by atoms with E-state index < -0.39 is 17.6 Å². The van der Waals surface area contributed by atoms with Crippen LogP contribution < -0.4 is 5.32 Å². The minimum absolute atomic E-state index is 0.00477. The van der Waals surface area contributed by atoms with Gasteiger partial charge in [-0.3, -0.25) is 9.89 Å². The van der Waals surface area contributed by atoms with Crippen molar-refractivity contribution in [3.63, 3.8) is 0 Å². The average molecular weight is 366 g/mol. The number of nitrogens with one attached hydrogen (secondary N) is 2. The van der Waals surface area contributed by atoms with Gasteiger partial charge < -0.3 is 10.1 Å². The lowest BCUT2D eigenvalue weighted by Crippen LogP contribution is -2.13. The third kappa shape index (κ3) is 3.01. The van der Waals surface area contributed by atoms with E-state index in [1.54, 1.807) is 4.68 Å². The van der Waals surface area contributed by atoms with Crippen LogP contribution in [0.4, 0.5) is 19.0 Å². The predicted molar refractivity (Wildman–Crippen MR) is 83.5 cm³/mol. The summed E-state index contributed by atoms with van der Waals surface area (Å²) >= 11 is 0. The highest BCUT2D eigenvalue weighted by atomic mass is 19.4. The Morgan fingerprint density at radius 2 is 2.23 bits per heavy atom. The lowest BCUT2D eigenvalue weighted by molar-refractivity contribution is -0.137. The molecule has 0 radical (unpaired) electrons. The smallest absolute Gasteiger partial charge is 0.379 e. The molecule has 1 amide bonds. The number of carbonyl (C=O) groups excluding carboxylic acids is 1. The molecule has 11 heteroatoms. The fraction of sp³-hybridized carbons (Fsp3) is 0.333. The summed E-state index contributed by atoms with van der Waals surface area (Å²) in [4.78, 5) is 12.3. The van der Waals surface area contributed by atoms with Gasteiger partial charge in [0.05, 0.1) is 29.9 Å². The molecule has 136 valence electrons. The molecule has 0 aliphatic carbocycles. The van der Waals surface area contributed by atoms with E-state index in [1.807, 2.05) is 0 Å². The molecule has 4 rings (SSSR count). The SMILES string of the molecule is O=C(Nc1n[nH]c2ccc(C(F)(F)F)cc12)c1cn([C@@H]2CCOC2)nn1. The number of benzene rings is 1. The quantitative estimate of drug-likeness (QED) is 0.742. The average Bonchev–Trinajstić information content (AvgIpc) is 3.34. The number of hydrogen-bond donors (Lipinski definition) is 2. The Morgan fingerprint density at radius 3 is 2.96 bits per heavy atom. The molecule has 0 spiro atoms. The summed E-state index contributed by atoms with van der Waals surface area (Å²) in [5.41, 5.74) is -0.408. The van der Waals surface area contributed by atoms with Crippen molar-refractivity contribution in [2.24, 2.45) is 0 Å². The van der Waals surface area contributed by atoms with Crippen LogP contribution in [0.1, 0.15) is 28.5 Å². The highest BCUT2D eigenvalue weighted by Crippen LogP contribution is 2.32. The zero-order valence-electron chi connectivity index (χ0n) is 13.2. The maximum Gasteiger partial charge on any atom is 0.416 e. The third-order valence-corrected chi connectivity index (χ3v) is 4.14. The monoisotopic (exact) mass is 366 g/mol. The highest BCUT2D eigenvalue weighted by Gasteiger charge is 2.31. The van der Waals surface area contributed by atoms with Crippen LogP contribution in [0.2, 0.25) is 0 Å². The molecule has 26 heavy (non-hydrogen) atoms. The van der Waals surface area contributed by atoms with E-state index in [0.717, 1.165) is 18.6 Å². The van der Waals surface area contributed by atoms with E-state index in [-0.39, 0.29) is 22.9 Å². The lowest BCUT2D eigenvalue weighted by atomic mass is 10.1. The molecule has 2 N–H and O–H groups in total. The van der Waals surface area contributed by atoms with Gasteiger partial charge >= 0.3 is 6.18 Å². The summed E-state index contributed by atoms with van der Waals surface area (Å²) in [6.07, 6.45) is -2.24. The Kier molecular flexibility index (Phi) is 3.87. The van der Waals surface area contributed by atoms with Gasteiger partial charge in [-0.2, -0.15) is 18.3 Å². The Hall–Kier alpha value is -2.95. The molecule has 1 saturated heterocycles. The highest BCUT2D eigenvalue weighted by molar-refractivity contribution is 6.06. The van der Waals surface area contributed by atoms with Crippen LogP contribution in [0.3, 0.4) is 0 Å². The molecule has 8 nitrogen and oxygen atoms in total. The Labute approximate surface area is 144 Å². The number of nitrogens with zero attached hydrogens (tertiary/aromatic N) is 4. The van der Waals surface area contributed by atoms with Gasteiger partial charge in [0.2, 0.25) is 0 Å². The summed E-state index contributed by atoms with van der Waals surface area (Å²) < 4.78 is 45.5. The molecule has 1 aliphatic heterocycles. The van der Waals surface area contributed by atoms with E-state index >= 15 is 0 Å². The van der Waals surface area contributed by atoms with Gasteiger partial charge in [-0.15, -0.1) is 5.10 Å². The zero-order valence-corrected chi connectivity index (χ0v) is 13.2. The summed E-state index contributed by atoms with van der Waals surface area (Å²) in [5, 5.41) is 16.8. The van der Waals surface area contributed by atoms with Gasteiger partial charge in [0.1, 0.15) is 0 Å². The fourth-order valence-electron chi connectivity index (χ4n) is 2.75. The number of hydrogen-bond acceptors (Lipinski definition) is 5. The van der Waals surface area contributed by atoms with Crippen molar-refractivity contribution >= 4 is 22.6 Å². The minimum atomic E-state index is -4.49. The van der Waals surface area contributed by atoms with Crippen molar-refractivity contribution in [2.45, 2.75) is 18.6 Å². The van der Waals surface area contributed by atoms with Gasteiger partial charge in [-0.1, -0.05) is 5.21 Å². The number of anilines is 1. The van der Waals surface area contributed by atoms with Gasteiger partial charge in [0, 0.05) is 12.0 Å². The Bertz CT molecular complexity index is 958. The van der Waals surface area contributed by atoms with Gasteiger partial charge in [0.25, 0.3) is 5.91 Å². The van der Waals surface area contributed by atoms with E-state index in [9.17, 15) is 18.0 Å². The number of rotatable bonds is 3. The third-order valence-electron chi connectivity index (χ3n) is 4.14. The Balaban J connectivity index is 1.57. The second-order valence-corrected chi connectivity index (χ2v) is 5.89.